The Kier molecular flexibility index (Phi) is 6.25. The Hall–Kier alpha value is 0.350. The van der Waals surface area contributed by atoms with Crippen molar-refractivity contribution < 1.29 is 0 Å². The average molecular weight is 397 g/mol. The molecule has 4 heteroatoms. The van der Waals surface area contributed by atoms with Gasteiger partial charge in [-0.15, -0.1) is 0 Å². The summed E-state index contributed by atoms with van der Waals surface area (Å²) < 4.78 is 2.45. The van der Waals surface area contributed by atoms with Crippen molar-refractivity contribution in [2.24, 2.45) is 0 Å². The first-order chi connectivity index (χ1) is 7.49. The van der Waals surface area contributed by atoms with Gasteiger partial charge in [-0.25, -0.2) is 0 Å². The van der Waals surface area contributed by atoms with E-state index in [-0.39, 0.29) is 0 Å². The molecule has 90 valence electrons. The van der Waals surface area contributed by atoms with E-state index < -0.39 is 0 Å². The maximum atomic E-state index is 3.53. The number of hydrogen-bond donors (Lipinski definition) is 1. The summed E-state index contributed by atoms with van der Waals surface area (Å²) in [6, 6.07) is 6.90. The number of rotatable bonds is 5. The van der Waals surface area contributed by atoms with E-state index in [1.54, 1.807) is 0 Å². The molecule has 0 saturated heterocycles. The summed E-state index contributed by atoms with van der Waals surface area (Å²) in [5.74, 6) is 0. The van der Waals surface area contributed by atoms with Crippen LogP contribution >= 0.6 is 38.5 Å². The van der Waals surface area contributed by atoms with Crippen LogP contribution in [-0.2, 0) is 6.54 Å². The lowest BCUT2D eigenvalue weighted by Crippen LogP contribution is -2.35. The van der Waals surface area contributed by atoms with E-state index in [0.29, 0.717) is 6.04 Å². The predicted octanol–water partition coefficient (Wildman–Crippen LogP) is 3.09. The molecule has 0 heterocycles. The Balaban J connectivity index is 2.51. The molecule has 1 N–H and O–H groups in total. The van der Waals surface area contributed by atoms with Crippen LogP contribution in [0.4, 0.5) is 0 Å². The third-order valence-electron chi connectivity index (χ3n) is 2.29. The minimum atomic E-state index is 0.504. The van der Waals surface area contributed by atoms with Crippen molar-refractivity contribution in [2.75, 3.05) is 20.6 Å². The molecule has 1 aromatic carbocycles. The number of halogens is 2. The van der Waals surface area contributed by atoms with Gasteiger partial charge in [0.15, 0.2) is 0 Å². The smallest absolute Gasteiger partial charge is 0.0219 e. The van der Waals surface area contributed by atoms with Gasteiger partial charge in [0.2, 0.25) is 0 Å². The summed E-state index contributed by atoms with van der Waals surface area (Å²) in [4.78, 5) is 2.20. The zero-order valence-corrected chi connectivity index (χ0v) is 13.7. The molecule has 0 fully saturated rings. The third-order valence-corrected chi connectivity index (χ3v) is 3.83. The van der Waals surface area contributed by atoms with E-state index in [4.69, 9.17) is 0 Å². The first-order valence-corrected chi connectivity index (χ1v) is 7.18. The van der Waals surface area contributed by atoms with Crippen molar-refractivity contribution >= 4 is 38.5 Å². The zero-order valence-electron chi connectivity index (χ0n) is 9.93. The molecular formula is C12H18BrIN2. The highest BCUT2D eigenvalue weighted by Crippen LogP contribution is 2.18. The van der Waals surface area contributed by atoms with Crippen LogP contribution in [0.25, 0.3) is 0 Å². The molecule has 0 aliphatic heterocycles. The highest BCUT2D eigenvalue weighted by atomic mass is 127. The number of hydrogen-bond acceptors (Lipinski definition) is 2. The molecule has 0 aromatic heterocycles. The molecule has 0 bridgehead atoms. The molecule has 1 rings (SSSR count). The second-order valence-corrected chi connectivity index (χ2v) is 6.36. The van der Waals surface area contributed by atoms with E-state index >= 15 is 0 Å². The van der Waals surface area contributed by atoms with E-state index in [0.717, 1.165) is 17.6 Å². The van der Waals surface area contributed by atoms with Gasteiger partial charge in [-0.2, -0.15) is 0 Å². The molecule has 0 aliphatic rings. The molecule has 1 atom stereocenters. The van der Waals surface area contributed by atoms with E-state index in [9.17, 15) is 0 Å². The maximum absolute atomic E-state index is 3.53. The van der Waals surface area contributed by atoms with Gasteiger partial charge in [-0.05, 0) is 67.4 Å². The molecule has 0 aliphatic carbocycles. The molecule has 0 spiro atoms. The Morgan fingerprint density at radius 3 is 2.75 bits per heavy atom. The SMILES string of the molecule is CC(CN(C)C)NCc1cc(Br)ccc1I. The fourth-order valence-corrected chi connectivity index (χ4v) is 2.51. The van der Waals surface area contributed by atoms with Crippen LogP contribution in [0.3, 0.4) is 0 Å². The molecule has 1 aromatic rings. The van der Waals surface area contributed by atoms with Gasteiger partial charge in [-0.1, -0.05) is 15.9 Å². The normalized spacial score (nSPS) is 13.1. The molecule has 1 unspecified atom stereocenters. The summed E-state index contributed by atoms with van der Waals surface area (Å²) in [5.41, 5.74) is 1.35. The molecule has 0 saturated carbocycles. The highest BCUT2D eigenvalue weighted by molar-refractivity contribution is 14.1. The topological polar surface area (TPSA) is 15.3 Å². The second kappa shape index (κ2) is 6.93. The summed E-state index contributed by atoms with van der Waals surface area (Å²) >= 11 is 5.88. The minimum Gasteiger partial charge on any atom is -0.309 e. The van der Waals surface area contributed by atoms with Crippen molar-refractivity contribution in [1.29, 1.82) is 0 Å². The fourth-order valence-electron chi connectivity index (χ4n) is 1.58. The summed E-state index contributed by atoms with van der Waals surface area (Å²) in [5, 5.41) is 3.53. The van der Waals surface area contributed by atoms with Gasteiger partial charge in [0, 0.05) is 27.2 Å². The first kappa shape index (κ1) is 14.4. The first-order valence-electron chi connectivity index (χ1n) is 5.31. The van der Waals surface area contributed by atoms with Crippen molar-refractivity contribution in [3.8, 4) is 0 Å². The zero-order chi connectivity index (χ0) is 12.1. The number of likely N-dealkylation sites (N-methyl/N-ethyl adjacent to an activating group) is 1. The quantitative estimate of drug-likeness (QED) is 0.769. The van der Waals surface area contributed by atoms with Gasteiger partial charge >= 0.3 is 0 Å². The van der Waals surface area contributed by atoms with Crippen molar-refractivity contribution in [2.45, 2.75) is 19.5 Å². The lowest BCUT2D eigenvalue weighted by molar-refractivity contribution is 0.349. The summed E-state index contributed by atoms with van der Waals surface area (Å²) in [6.07, 6.45) is 0. The fraction of sp³-hybridized carbons (Fsp3) is 0.500. The van der Waals surface area contributed by atoms with E-state index in [2.05, 4.69) is 88.0 Å². The maximum Gasteiger partial charge on any atom is 0.0219 e. The van der Waals surface area contributed by atoms with Gasteiger partial charge in [-0.3, -0.25) is 0 Å². The van der Waals surface area contributed by atoms with Crippen LogP contribution in [0.5, 0.6) is 0 Å². The largest absolute Gasteiger partial charge is 0.309 e. The molecular weight excluding hydrogens is 379 g/mol. The van der Waals surface area contributed by atoms with Crippen LogP contribution in [0.2, 0.25) is 0 Å². The van der Waals surface area contributed by atoms with Crippen molar-refractivity contribution in [1.82, 2.24) is 10.2 Å². The van der Waals surface area contributed by atoms with Crippen LogP contribution in [0.15, 0.2) is 22.7 Å². The lowest BCUT2D eigenvalue weighted by atomic mass is 10.2. The summed E-state index contributed by atoms with van der Waals surface area (Å²) in [7, 11) is 4.20. The Bertz CT molecular complexity index is 342. The van der Waals surface area contributed by atoms with Gasteiger partial charge in [0.1, 0.15) is 0 Å². The number of nitrogens with one attached hydrogen (secondary N) is 1. The van der Waals surface area contributed by atoms with Gasteiger partial charge < -0.3 is 10.2 Å². The van der Waals surface area contributed by atoms with Crippen molar-refractivity contribution in [3.05, 3.63) is 31.8 Å². The monoisotopic (exact) mass is 396 g/mol. The average Bonchev–Trinajstić information content (AvgIpc) is 2.18. The number of nitrogens with zero attached hydrogens (tertiary/aromatic N) is 1. The minimum absolute atomic E-state index is 0.504. The standard InChI is InChI=1S/C12H18BrIN2/c1-9(8-16(2)3)15-7-10-6-11(13)4-5-12(10)14/h4-6,9,15H,7-8H2,1-3H3. The Morgan fingerprint density at radius 1 is 1.44 bits per heavy atom. The number of benzene rings is 1. The van der Waals surface area contributed by atoms with Gasteiger partial charge in [0.25, 0.3) is 0 Å². The van der Waals surface area contributed by atoms with Crippen LogP contribution in [-0.4, -0.2) is 31.6 Å². The Labute approximate surface area is 120 Å². The summed E-state index contributed by atoms with van der Waals surface area (Å²) in [6.45, 7) is 4.20. The van der Waals surface area contributed by atoms with Crippen LogP contribution in [0.1, 0.15) is 12.5 Å². The van der Waals surface area contributed by atoms with Gasteiger partial charge in [0.05, 0.1) is 0 Å². The Morgan fingerprint density at radius 2 is 2.12 bits per heavy atom. The van der Waals surface area contributed by atoms with Crippen LogP contribution in [0, 0.1) is 3.57 Å². The molecule has 2 nitrogen and oxygen atoms in total. The third kappa shape index (κ3) is 5.12. The molecule has 0 amide bonds. The predicted molar refractivity (Wildman–Crippen MR) is 81.7 cm³/mol. The lowest BCUT2D eigenvalue weighted by Gasteiger charge is -2.18. The second-order valence-electron chi connectivity index (χ2n) is 4.28. The molecule has 0 radical (unpaired) electrons. The highest BCUT2D eigenvalue weighted by Gasteiger charge is 2.05. The van der Waals surface area contributed by atoms with Crippen molar-refractivity contribution in [3.63, 3.8) is 0 Å². The van der Waals surface area contributed by atoms with E-state index in [1.165, 1.54) is 9.13 Å². The molecule has 16 heavy (non-hydrogen) atoms. The van der Waals surface area contributed by atoms with Crippen LogP contribution < -0.4 is 5.32 Å². The van der Waals surface area contributed by atoms with E-state index in [1.807, 2.05) is 0 Å².